The highest BCUT2D eigenvalue weighted by molar-refractivity contribution is 9.09. The number of aliphatic hydroxyl groups is 1. The molecule has 2 nitrogen and oxygen atoms in total. The molecule has 1 N–H and O–H groups in total. The first-order valence-electron chi connectivity index (χ1n) is 3.20. The van der Waals surface area contributed by atoms with E-state index in [2.05, 4.69) is 20.9 Å². The second-order valence-corrected chi connectivity index (χ2v) is 3.21. The molecule has 0 amide bonds. The number of alkyl halides is 1. The number of pyridine rings is 1. The normalized spacial score (nSPS) is 13.0. The number of rotatable bonds is 2. The Kier molecular flexibility index (Phi) is 3.43. The van der Waals surface area contributed by atoms with Crippen molar-refractivity contribution in [3.8, 4) is 0 Å². The van der Waals surface area contributed by atoms with Gasteiger partial charge in [0.15, 0.2) is 0 Å². The summed E-state index contributed by atoms with van der Waals surface area (Å²) in [5.74, 6) is -0.505. The summed E-state index contributed by atoms with van der Waals surface area (Å²) in [6.45, 7) is 0. The second-order valence-electron chi connectivity index (χ2n) is 2.20. The van der Waals surface area contributed by atoms with E-state index in [1.807, 2.05) is 0 Å². The van der Waals surface area contributed by atoms with Crippen LogP contribution in [0.3, 0.4) is 0 Å². The van der Waals surface area contributed by atoms with Crippen LogP contribution in [0.25, 0.3) is 0 Å². The van der Waals surface area contributed by atoms with Crippen LogP contribution in [0, 0.1) is 5.82 Å². The quantitative estimate of drug-likeness (QED) is 0.649. The number of hydrogen-bond acceptors (Lipinski definition) is 2. The fourth-order valence-electron chi connectivity index (χ4n) is 0.755. The Morgan fingerprint density at radius 2 is 2.42 bits per heavy atom. The molecule has 1 aromatic heterocycles. The Morgan fingerprint density at radius 1 is 1.75 bits per heavy atom. The minimum absolute atomic E-state index is 0.128. The zero-order chi connectivity index (χ0) is 9.14. The van der Waals surface area contributed by atoms with Gasteiger partial charge in [-0.3, -0.25) is 0 Å². The molecule has 66 valence electrons. The van der Waals surface area contributed by atoms with E-state index in [1.54, 1.807) is 0 Å². The fraction of sp³-hybridized carbons (Fsp3) is 0.286. The third-order valence-electron chi connectivity index (χ3n) is 1.34. The number of nitrogens with zero attached hydrogens (tertiary/aromatic N) is 1. The lowest BCUT2D eigenvalue weighted by Gasteiger charge is -2.07. The van der Waals surface area contributed by atoms with Crippen molar-refractivity contribution in [3.63, 3.8) is 0 Å². The maximum Gasteiger partial charge on any atom is 0.141 e. The van der Waals surface area contributed by atoms with Crippen molar-refractivity contribution in [3.05, 3.63) is 28.8 Å². The molecule has 0 aliphatic rings. The summed E-state index contributed by atoms with van der Waals surface area (Å²) in [5, 5.41) is 9.73. The third kappa shape index (κ3) is 2.15. The molecule has 0 fully saturated rings. The van der Waals surface area contributed by atoms with E-state index in [0.29, 0.717) is 10.9 Å². The average Bonchev–Trinajstić information content (AvgIpc) is 2.08. The maximum atomic E-state index is 12.6. The van der Waals surface area contributed by atoms with E-state index < -0.39 is 11.9 Å². The first-order chi connectivity index (χ1) is 5.65. The Hall–Kier alpha value is -0.190. The monoisotopic (exact) mass is 253 g/mol. The van der Waals surface area contributed by atoms with E-state index in [9.17, 15) is 9.50 Å². The van der Waals surface area contributed by atoms with Gasteiger partial charge in [-0.1, -0.05) is 27.5 Å². The van der Waals surface area contributed by atoms with Crippen LogP contribution in [-0.4, -0.2) is 15.4 Å². The van der Waals surface area contributed by atoms with Crippen LogP contribution in [0.1, 0.15) is 11.7 Å². The fourth-order valence-corrected chi connectivity index (χ4v) is 1.33. The molecule has 1 rings (SSSR count). The Balaban J connectivity index is 3.04. The zero-order valence-corrected chi connectivity index (χ0v) is 8.31. The Labute approximate surface area is 82.5 Å². The number of halogens is 3. The van der Waals surface area contributed by atoms with Gasteiger partial charge in [0, 0.05) is 10.9 Å². The standard InChI is InChI=1S/C7H6BrClFNO/c8-2-6(12)5-1-4(10)3-11-7(5)9/h1,3,6,12H,2H2. The highest BCUT2D eigenvalue weighted by Crippen LogP contribution is 2.22. The first-order valence-corrected chi connectivity index (χ1v) is 4.70. The number of aromatic nitrogens is 1. The highest BCUT2D eigenvalue weighted by atomic mass is 79.9. The lowest BCUT2D eigenvalue weighted by atomic mass is 10.2. The SMILES string of the molecule is OC(CBr)c1cc(F)cnc1Cl. The molecule has 1 unspecified atom stereocenters. The van der Waals surface area contributed by atoms with Crippen LogP contribution in [-0.2, 0) is 0 Å². The van der Waals surface area contributed by atoms with Gasteiger partial charge in [0.25, 0.3) is 0 Å². The van der Waals surface area contributed by atoms with Crippen LogP contribution in [0.5, 0.6) is 0 Å². The van der Waals surface area contributed by atoms with Crippen molar-refractivity contribution in [2.75, 3.05) is 5.33 Å². The molecule has 0 saturated carbocycles. The molecule has 0 aliphatic heterocycles. The van der Waals surface area contributed by atoms with Gasteiger partial charge in [-0.2, -0.15) is 0 Å². The second kappa shape index (κ2) is 4.16. The van der Waals surface area contributed by atoms with Gasteiger partial charge in [0.1, 0.15) is 11.0 Å². The van der Waals surface area contributed by atoms with E-state index in [0.717, 1.165) is 6.20 Å². The van der Waals surface area contributed by atoms with Crippen molar-refractivity contribution < 1.29 is 9.50 Å². The van der Waals surface area contributed by atoms with Gasteiger partial charge < -0.3 is 5.11 Å². The summed E-state index contributed by atoms with van der Waals surface area (Å²) in [6.07, 6.45) is 0.188. The van der Waals surface area contributed by atoms with Crippen LogP contribution in [0.15, 0.2) is 12.3 Å². The molecule has 0 aliphatic carbocycles. The average molecular weight is 254 g/mol. The number of aliphatic hydroxyl groups excluding tert-OH is 1. The summed E-state index contributed by atoms with van der Waals surface area (Å²) in [7, 11) is 0. The topological polar surface area (TPSA) is 33.1 Å². The van der Waals surface area contributed by atoms with Crippen LogP contribution < -0.4 is 0 Å². The van der Waals surface area contributed by atoms with E-state index >= 15 is 0 Å². The summed E-state index contributed by atoms with van der Waals surface area (Å²) in [6, 6.07) is 1.17. The predicted octanol–water partition coefficient (Wildman–Crippen LogP) is 2.30. The Morgan fingerprint density at radius 3 is 3.00 bits per heavy atom. The van der Waals surface area contributed by atoms with Gasteiger partial charge >= 0.3 is 0 Å². The lowest BCUT2D eigenvalue weighted by Crippen LogP contribution is -2.01. The van der Waals surface area contributed by atoms with E-state index in [4.69, 9.17) is 11.6 Å². The first kappa shape index (κ1) is 9.89. The van der Waals surface area contributed by atoms with Crippen molar-refractivity contribution in [2.45, 2.75) is 6.10 Å². The van der Waals surface area contributed by atoms with Crippen LogP contribution >= 0.6 is 27.5 Å². The zero-order valence-electron chi connectivity index (χ0n) is 5.97. The maximum absolute atomic E-state index is 12.6. The molecule has 0 bridgehead atoms. The smallest absolute Gasteiger partial charge is 0.141 e. The lowest BCUT2D eigenvalue weighted by molar-refractivity contribution is 0.204. The summed E-state index contributed by atoms with van der Waals surface area (Å²) < 4.78 is 12.6. The van der Waals surface area contributed by atoms with Crippen molar-refractivity contribution in [1.29, 1.82) is 0 Å². The third-order valence-corrected chi connectivity index (χ3v) is 2.27. The molecule has 1 aromatic rings. The molecule has 1 heterocycles. The van der Waals surface area contributed by atoms with E-state index in [1.165, 1.54) is 6.07 Å². The van der Waals surface area contributed by atoms with Crippen molar-refractivity contribution in [1.82, 2.24) is 4.98 Å². The van der Waals surface area contributed by atoms with Crippen LogP contribution in [0.4, 0.5) is 4.39 Å². The largest absolute Gasteiger partial charge is 0.387 e. The summed E-state index contributed by atoms with van der Waals surface area (Å²) >= 11 is 8.66. The molecule has 0 spiro atoms. The van der Waals surface area contributed by atoms with Crippen molar-refractivity contribution in [2.24, 2.45) is 0 Å². The van der Waals surface area contributed by atoms with Gasteiger partial charge in [-0.05, 0) is 6.07 Å². The molecule has 0 radical (unpaired) electrons. The van der Waals surface area contributed by atoms with E-state index in [-0.39, 0.29) is 5.15 Å². The minimum atomic E-state index is -0.819. The van der Waals surface area contributed by atoms with Crippen LogP contribution in [0.2, 0.25) is 5.15 Å². The van der Waals surface area contributed by atoms with Gasteiger partial charge in [0.05, 0.1) is 12.3 Å². The summed E-state index contributed by atoms with van der Waals surface area (Å²) in [5.41, 5.74) is 0.300. The molecule has 0 saturated heterocycles. The Bertz CT molecular complexity index is 284. The number of hydrogen-bond donors (Lipinski definition) is 1. The van der Waals surface area contributed by atoms with Crippen molar-refractivity contribution >= 4 is 27.5 Å². The predicted molar refractivity (Wildman–Crippen MR) is 48.0 cm³/mol. The highest BCUT2D eigenvalue weighted by Gasteiger charge is 2.11. The summed E-state index contributed by atoms with van der Waals surface area (Å²) in [4.78, 5) is 3.56. The molecule has 1 atom stereocenters. The van der Waals surface area contributed by atoms with Gasteiger partial charge in [-0.15, -0.1) is 0 Å². The molecular formula is C7H6BrClFNO. The molecule has 12 heavy (non-hydrogen) atoms. The molecule has 0 aromatic carbocycles. The minimum Gasteiger partial charge on any atom is -0.387 e. The molecule has 5 heteroatoms. The molecular weight excluding hydrogens is 248 g/mol. The van der Waals surface area contributed by atoms with Gasteiger partial charge in [0.2, 0.25) is 0 Å². The van der Waals surface area contributed by atoms with Gasteiger partial charge in [-0.25, -0.2) is 9.37 Å².